The molecule has 0 unspecified atom stereocenters. The fraction of sp³-hybridized carbons (Fsp3) is 0.125. The van der Waals surface area contributed by atoms with Crippen LogP contribution in [0.5, 0.6) is 0 Å². The maximum absolute atomic E-state index is 10.7. The normalized spacial score (nSPS) is 11.4. The van der Waals surface area contributed by atoms with E-state index in [9.17, 15) is 15.2 Å². The summed E-state index contributed by atoms with van der Waals surface area (Å²) in [6.45, 7) is 0.232. The molecule has 0 fully saturated rings. The molecule has 122 valence electrons. The van der Waals surface area contributed by atoms with Gasteiger partial charge in [-0.05, 0) is 29.8 Å². The Morgan fingerprint density at radius 1 is 1.17 bits per heavy atom. The van der Waals surface area contributed by atoms with Crippen LogP contribution in [0.15, 0.2) is 53.6 Å². The van der Waals surface area contributed by atoms with Crippen molar-refractivity contribution >= 4 is 22.9 Å². The largest absolute Gasteiger partial charge is 0.395 e. The topological polar surface area (TPSA) is 109 Å². The Morgan fingerprint density at radius 3 is 2.46 bits per heavy atom. The van der Waals surface area contributed by atoms with Crippen molar-refractivity contribution in [3.05, 3.63) is 69.8 Å². The van der Waals surface area contributed by atoms with E-state index in [1.54, 1.807) is 16.7 Å². The van der Waals surface area contributed by atoms with Crippen molar-refractivity contribution in [2.75, 3.05) is 6.61 Å². The Kier molecular flexibility index (Phi) is 4.21. The Bertz CT molecular complexity index is 970. The van der Waals surface area contributed by atoms with Gasteiger partial charge in [-0.1, -0.05) is 12.1 Å². The van der Waals surface area contributed by atoms with E-state index in [2.05, 4.69) is 5.10 Å². The molecule has 1 heterocycles. The number of imidazole rings is 1. The maximum Gasteiger partial charge on any atom is 0.269 e. The lowest BCUT2D eigenvalue weighted by atomic mass is 10.2. The van der Waals surface area contributed by atoms with E-state index in [4.69, 9.17) is 5.41 Å². The molecular weight excluding hydrogens is 310 g/mol. The molecule has 8 nitrogen and oxygen atoms in total. The highest BCUT2D eigenvalue weighted by atomic mass is 16.6. The molecule has 3 rings (SSSR count). The Morgan fingerprint density at radius 2 is 1.83 bits per heavy atom. The molecule has 0 saturated heterocycles. The molecule has 0 atom stereocenters. The monoisotopic (exact) mass is 325 g/mol. The molecular formula is C16H15N5O3. The molecule has 0 radical (unpaired) electrons. The quantitative estimate of drug-likeness (QED) is 0.423. The third kappa shape index (κ3) is 2.82. The number of hydrogen-bond donors (Lipinski definition) is 2. The number of aliphatic hydroxyl groups excluding tert-OH is 1. The third-order valence-corrected chi connectivity index (χ3v) is 3.61. The van der Waals surface area contributed by atoms with Crippen molar-refractivity contribution in [1.82, 2.24) is 9.24 Å². The number of nitro groups is 1. The molecule has 2 N–H and O–H groups in total. The van der Waals surface area contributed by atoms with Crippen LogP contribution >= 0.6 is 0 Å². The van der Waals surface area contributed by atoms with Crippen molar-refractivity contribution in [1.29, 1.82) is 5.41 Å². The van der Waals surface area contributed by atoms with E-state index in [1.807, 2.05) is 24.3 Å². The molecule has 2 aromatic carbocycles. The first-order chi connectivity index (χ1) is 11.6. The van der Waals surface area contributed by atoms with E-state index in [0.29, 0.717) is 12.1 Å². The van der Waals surface area contributed by atoms with Crippen LogP contribution in [0.1, 0.15) is 5.56 Å². The van der Waals surface area contributed by atoms with Crippen LogP contribution in [0.4, 0.5) is 5.69 Å². The number of benzene rings is 2. The van der Waals surface area contributed by atoms with Crippen molar-refractivity contribution in [2.45, 2.75) is 6.54 Å². The van der Waals surface area contributed by atoms with E-state index >= 15 is 0 Å². The second-order valence-electron chi connectivity index (χ2n) is 5.09. The predicted octanol–water partition coefficient (Wildman–Crippen LogP) is 1.70. The van der Waals surface area contributed by atoms with Crippen LogP contribution in [-0.2, 0) is 6.54 Å². The standard InChI is InChI=1S/C16H15N5O3/c17-16-19(9-10-22)14-3-1-2-4-15(14)20(16)18-11-12-5-7-13(8-6-12)21(23)24/h1-8,11,17,22H,9-10H2/b17-16?,18-11+. The van der Waals surface area contributed by atoms with Gasteiger partial charge in [-0.25, -0.2) is 0 Å². The second kappa shape index (κ2) is 6.47. The number of fused-ring (bicyclic) bond motifs is 1. The highest BCUT2D eigenvalue weighted by Gasteiger charge is 2.09. The van der Waals surface area contributed by atoms with Gasteiger partial charge in [0.1, 0.15) is 0 Å². The highest BCUT2D eigenvalue weighted by Crippen LogP contribution is 2.13. The van der Waals surface area contributed by atoms with Gasteiger partial charge in [-0.15, -0.1) is 0 Å². The van der Waals surface area contributed by atoms with Crippen molar-refractivity contribution in [2.24, 2.45) is 5.10 Å². The molecule has 24 heavy (non-hydrogen) atoms. The second-order valence-corrected chi connectivity index (χ2v) is 5.09. The molecule has 0 aliphatic carbocycles. The summed E-state index contributed by atoms with van der Waals surface area (Å²) in [4.78, 5) is 10.2. The van der Waals surface area contributed by atoms with E-state index in [0.717, 1.165) is 11.0 Å². The number of rotatable bonds is 5. The summed E-state index contributed by atoms with van der Waals surface area (Å²) in [6.07, 6.45) is 1.54. The lowest BCUT2D eigenvalue weighted by molar-refractivity contribution is -0.384. The zero-order valence-corrected chi connectivity index (χ0v) is 12.7. The minimum absolute atomic E-state index is 0.0144. The first-order valence-electron chi connectivity index (χ1n) is 7.26. The first-order valence-corrected chi connectivity index (χ1v) is 7.26. The number of para-hydroxylation sites is 2. The molecule has 0 saturated carbocycles. The van der Waals surface area contributed by atoms with Gasteiger partial charge in [-0.3, -0.25) is 15.5 Å². The molecule has 0 aliphatic heterocycles. The van der Waals surface area contributed by atoms with Gasteiger partial charge in [0.05, 0.1) is 28.8 Å². The highest BCUT2D eigenvalue weighted by molar-refractivity contribution is 5.81. The summed E-state index contributed by atoms with van der Waals surface area (Å²) in [5.74, 6) is 0. The number of aliphatic hydroxyl groups is 1. The molecule has 8 heteroatoms. The Balaban J connectivity index is 2.02. The van der Waals surface area contributed by atoms with Gasteiger partial charge >= 0.3 is 0 Å². The zero-order chi connectivity index (χ0) is 17.1. The van der Waals surface area contributed by atoms with Crippen LogP contribution < -0.4 is 5.62 Å². The van der Waals surface area contributed by atoms with Gasteiger partial charge in [0, 0.05) is 18.7 Å². The van der Waals surface area contributed by atoms with E-state index < -0.39 is 4.92 Å². The average Bonchev–Trinajstić information content (AvgIpc) is 2.86. The minimum atomic E-state index is -0.458. The van der Waals surface area contributed by atoms with Crippen LogP contribution in [0.25, 0.3) is 11.0 Å². The molecule has 0 aliphatic rings. The van der Waals surface area contributed by atoms with Gasteiger partial charge < -0.3 is 9.67 Å². The lowest BCUT2D eigenvalue weighted by Crippen LogP contribution is -2.23. The van der Waals surface area contributed by atoms with Crippen molar-refractivity contribution in [3.8, 4) is 0 Å². The van der Waals surface area contributed by atoms with Gasteiger partial charge in [0.25, 0.3) is 5.69 Å². The number of nitro benzene ring substituents is 1. The van der Waals surface area contributed by atoms with Crippen LogP contribution in [-0.4, -0.2) is 32.1 Å². The summed E-state index contributed by atoms with van der Waals surface area (Å²) in [5.41, 5.74) is 2.39. The molecule has 0 bridgehead atoms. The molecule has 3 aromatic rings. The number of nitrogens with one attached hydrogen (secondary N) is 1. The predicted molar refractivity (Wildman–Crippen MR) is 89.0 cm³/mol. The van der Waals surface area contributed by atoms with Gasteiger partial charge in [-0.2, -0.15) is 9.78 Å². The molecule has 1 aromatic heterocycles. The lowest BCUT2D eigenvalue weighted by Gasteiger charge is -1.99. The SMILES string of the molecule is N=c1n(CCO)c2ccccc2n1/N=C/c1ccc([N+](=O)[O-])cc1. The number of hydrogen-bond acceptors (Lipinski definition) is 5. The smallest absolute Gasteiger partial charge is 0.269 e. The van der Waals surface area contributed by atoms with Crippen LogP contribution in [0.2, 0.25) is 0 Å². The van der Waals surface area contributed by atoms with Gasteiger partial charge in [0.2, 0.25) is 5.62 Å². The fourth-order valence-corrected chi connectivity index (χ4v) is 2.46. The van der Waals surface area contributed by atoms with Crippen molar-refractivity contribution in [3.63, 3.8) is 0 Å². The molecule has 0 spiro atoms. The zero-order valence-electron chi connectivity index (χ0n) is 12.7. The Labute approximate surface area is 136 Å². The number of non-ortho nitro benzene ring substituents is 1. The number of aromatic nitrogens is 2. The number of nitrogens with zero attached hydrogens (tertiary/aromatic N) is 4. The summed E-state index contributed by atoms with van der Waals surface area (Å²) >= 11 is 0. The average molecular weight is 325 g/mol. The minimum Gasteiger partial charge on any atom is -0.395 e. The summed E-state index contributed by atoms with van der Waals surface area (Å²) < 4.78 is 3.13. The van der Waals surface area contributed by atoms with E-state index in [1.165, 1.54) is 23.0 Å². The maximum atomic E-state index is 10.7. The van der Waals surface area contributed by atoms with E-state index in [-0.39, 0.29) is 17.9 Å². The first kappa shape index (κ1) is 15.6. The van der Waals surface area contributed by atoms with Crippen molar-refractivity contribution < 1.29 is 10.0 Å². The van der Waals surface area contributed by atoms with Crippen LogP contribution in [0.3, 0.4) is 0 Å². The summed E-state index contributed by atoms with van der Waals surface area (Å²) in [7, 11) is 0. The third-order valence-electron chi connectivity index (χ3n) is 3.61. The van der Waals surface area contributed by atoms with Crippen LogP contribution in [0, 0.1) is 15.5 Å². The fourth-order valence-electron chi connectivity index (χ4n) is 2.46. The molecule has 0 amide bonds. The summed E-state index contributed by atoms with van der Waals surface area (Å²) in [6, 6.07) is 13.4. The van der Waals surface area contributed by atoms with Gasteiger partial charge in [0.15, 0.2) is 0 Å². The Hall–Kier alpha value is -3.26. The summed E-state index contributed by atoms with van der Waals surface area (Å²) in [5, 5.41) is 32.4.